The zero-order valence-electron chi connectivity index (χ0n) is 8.70. The molecule has 4 nitrogen and oxygen atoms in total. The fourth-order valence-electron chi connectivity index (χ4n) is 1.27. The first-order chi connectivity index (χ1) is 6.77. The number of imidazole rings is 1. The average Bonchev–Trinajstić information content (AvgIpc) is 2.59. The normalized spacial score (nSPS) is 12.4. The van der Waals surface area contributed by atoms with Crippen LogP contribution < -0.4 is 5.32 Å². The van der Waals surface area contributed by atoms with Crippen molar-refractivity contribution in [2.75, 3.05) is 0 Å². The molecule has 0 saturated carbocycles. The molecule has 0 spiro atoms. The van der Waals surface area contributed by atoms with Crippen LogP contribution in [-0.4, -0.2) is 15.6 Å². The van der Waals surface area contributed by atoms with Crippen molar-refractivity contribution in [2.24, 2.45) is 7.05 Å². The van der Waals surface area contributed by atoms with E-state index in [1.165, 1.54) is 0 Å². The summed E-state index contributed by atoms with van der Waals surface area (Å²) < 4.78 is 1.98. The highest BCUT2D eigenvalue weighted by molar-refractivity contribution is 4.91. The molecule has 0 fully saturated rings. The van der Waals surface area contributed by atoms with Crippen LogP contribution in [0.1, 0.15) is 25.6 Å². The Kier molecular flexibility index (Phi) is 4.14. The van der Waals surface area contributed by atoms with Gasteiger partial charge in [0.15, 0.2) is 0 Å². The lowest BCUT2D eigenvalue weighted by molar-refractivity contribution is 0.490. The number of rotatable bonds is 5. The van der Waals surface area contributed by atoms with Gasteiger partial charge in [-0.25, -0.2) is 4.98 Å². The van der Waals surface area contributed by atoms with Crippen molar-refractivity contribution in [3.05, 3.63) is 18.2 Å². The molecular formula is C10H16N4. The summed E-state index contributed by atoms with van der Waals surface area (Å²) in [6.45, 7) is 2.80. The second kappa shape index (κ2) is 5.40. The second-order valence-corrected chi connectivity index (χ2v) is 3.30. The van der Waals surface area contributed by atoms with Crippen LogP contribution in [0.5, 0.6) is 0 Å². The molecule has 4 heteroatoms. The van der Waals surface area contributed by atoms with E-state index in [9.17, 15) is 0 Å². The van der Waals surface area contributed by atoms with E-state index >= 15 is 0 Å². The standard InChI is InChI=1S/C10H16N4/c1-3-9(4-5-11)13-8-10-12-6-7-14(10)2/h6-7,9,13H,3-4,8H2,1-2H3. The number of nitrogens with one attached hydrogen (secondary N) is 1. The quantitative estimate of drug-likeness (QED) is 0.762. The van der Waals surface area contributed by atoms with E-state index in [1.54, 1.807) is 6.20 Å². The maximum absolute atomic E-state index is 8.57. The molecule has 1 aromatic rings. The number of hydrogen-bond acceptors (Lipinski definition) is 3. The van der Waals surface area contributed by atoms with Gasteiger partial charge in [0.05, 0.1) is 19.0 Å². The van der Waals surface area contributed by atoms with Crippen molar-refractivity contribution in [2.45, 2.75) is 32.4 Å². The monoisotopic (exact) mass is 192 g/mol. The van der Waals surface area contributed by atoms with Crippen LogP contribution >= 0.6 is 0 Å². The molecule has 1 N–H and O–H groups in total. The van der Waals surface area contributed by atoms with Crippen LogP contribution in [0.3, 0.4) is 0 Å². The Labute approximate surface area is 84.6 Å². The molecule has 0 bridgehead atoms. The van der Waals surface area contributed by atoms with Gasteiger partial charge in [0.25, 0.3) is 0 Å². The molecule has 0 aromatic carbocycles. The van der Waals surface area contributed by atoms with Crippen molar-refractivity contribution in [1.29, 1.82) is 5.26 Å². The highest BCUT2D eigenvalue weighted by Gasteiger charge is 2.06. The van der Waals surface area contributed by atoms with Crippen LogP contribution in [0, 0.1) is 11.3 Å². The molecule has 0 aliphatic heterocycles. The Hall–Kier alpha value is -1.34. The van der Waals surface area contributed by atoms with Gasteiger partial charge < -0.3 is 9.88 Å². The number of aromatic nitrogens is 2. The van der Waals surface area contributed by atoms with E-state index in [2.05, 4.69) is 23.3 Å². The smallest absolute Gasteiger partial charge is 0.122 e. The van der Waals surface area contributed by atoms with E-state index in [1.807, 2.05) is 17.8 Å². The van der Waals surface area contributed by atoms with Crippen LogP contribution in [0.25, 0.3) is 0 Å². The third-order valence-corrected chi connectivity index (χ3v) is 2.30. The molecule has 14 heavy (non-hydrogen) atoms. The van der Waals surface area contributed by atoms with E-state index in [0.29, 0.717) is 6.42 Å². The van der Waals surface area contributed by atoms with E-state index in [0.717, 1.165) is 18.8 Å². The summed E-state index contributed by atoms with van der Waals surface area (Å²) in [5.74, 6) is 1.00. The fraction of sp³-hybridized carbons (Fsp3) is 0.600. The van der Waals surface area contributed by atoms with E-state index in [4.69, 9.17) is 5.26 Å². The summed E-state index contributed by atoms with van der Waals surface area (Å²) in [4.78, 5) is 4.20. The van der Waals surface area contributed by atoms with Gasteiger partial charge in [-0.15, -0.1) is 0 Å². The van der Waals surface area contributed by atoms with Gasteiger partial charge in [-0.3, -0.25) is 0 Å². The van der Waals surface area contributed by atoms with Crippen LogP contribution in [0.4, 0.5) is 0 Å². The Morgan fingerprint density at radius 2 is 2.50 bits per heavy atom. The van der Waals surface area contributed by atoms with Crippen LogP contribution in [0.15, 0.2) is 12.4 Å². The molecular weight excluding hydrogens is 176 g/mol. The molecule has 0 radical (unpaired) electrons. The molecule has 1 unspecified atom stereocenters. The summed E-state index contributed by atoms with van der Waals surface area (Å²) in [6.07, 6.45) is 5.23. The second-order valence-electron chi connectivity index (χ2n) is 3.30. The van der Waals surface area contributed by atoms with Crippen molar-refractivity contribution < 1.29 is 0 Å². The molecule has 1 aromatic heterocycles. The average molecular weight is 192 g/mol. The van der Waals surface area contributed by atoms with Gasteiger partial charge in [-0.2, -0.15) is 5.26 Å². The summed E-state index contributed by atoms with van der Waals surface area (Å²) in [6, 6.07) is 2.45. The topological polar surface area (TPSA) is 53.6 Å². The third kappa shape index (κ3) is 2.86. The summed E-state index contributed by atoms with van der Waals surface area (Å²) in [7, 11) is 1.97. The number of nitriles is 1. The maximum Gasteiger partial charge on any atom is 0.122 e. The minimum atomic E-state index is 0.275. The van der Waals surface area contributed by atoms with Crippen LogP contribution in [-0.2, 0) is 13.6 Å². The zero-order valence-corrected chi connectivity index (χ0v) is 8.70. The van der Waals surface area contributed by atoms with Gasteiger partial charge in [0.1, 0.15) is 5.82 Å². The Morgan fingerprint density at radius 1 is 1.71 bits per heavy atom. The number of aryl methyl sites for hydroxylation is 1. The number of nitrogens with zero attached hydrogens (tertiary/aromatic N) is 3. The lowest BCUT2D eigenvalue weighted by Crippen LogP contribution is -2.28. The van der Waals surface area contributed by atoms with Crippen molar-refractivity contribution in [1.82, 2.24) is 14.9 Å². The van der Waals surface area contributed by atoms with Crippen LogP contribution in [0.2, 0.25) is 0 Å². The molecule has 76 valence electrons. The van der Waals surface area contributed by atoms with Gasteiger partial charge >= 0.3 is 0 Å². The maximum atomic E-state index is 8.57. The highest BCUT2D eigenvalue weighted by atomic mass is 15.1. The predicted molar refractivity (Wildman–Crippen MR) is 54.4 cm³/mol. The Balaban J connectivity index is 2.40. The lowest BCUT2D eigenvalue weighted by atomic mass is 10.2. The molecule has 1 atom stereocenters. The van der Waals surface area contributed by atoms with Gasteiger partial charge in [-0.05, 0) is 6.42 Å². The first kappa shape index (κ1) is 10.7. The molecule has 1 heterocycles. The zero-order chi connectivity index (χ0) is 10.4. The minimum Gasteiger partial charge on any atom is -0.337 e. The predicted octanol–water partition coefficient (Wildman–Crippen LogP) is 1.20. The molecule has 0 amide bonds. The van der Waals surface area contributed by atoms with Gasteiger partial charge in [0, 0.05) is 25.5 Å². The van der Waals surface area contributed by atoms with Crippen molar-refractivity contribution in [3.63, 3.8) is 0 Å². The molecule has 0 aliphatic carbocycles. The highest BCUT2D eigenvalue weighted by Crippen LogP contribution is 1.99. The van der Waals surface area contributed by atoms with Crippen molar-refractivity contribution >= 4 is 0 Å². The Bertz CT molecular complexity index is 310. The largest absolute Gasteiger partial charge is 0.337 e. The number of hydrogen-bond donors (Lipinski definition) is 1. The summed E-state index contributed by atoms with van der Waals surface area (Å²) in [5.41, 5.74) is 0. The SMILES string of the molecule is CCC(CC#N)NCc1nccn1C. The molecule has 0 saturated heterocycles. The van der Waals surface area contributed by atoms with Gasteiger partial charge in [-0.1, -0.05) is 6.92 Å². The first-order valence-electron chi connectivity index (χ1n) is 4.84. The third-order valence-electron chi connectivity index (χ3n) is 2.30. The summed E-state index contributed by atoms with van der Waals surface area (Å²) >= 11 is 0. The lowest BCUT2D eigenvalue weighted by Gasteiger charge is -2.12. The summed E-state index contributed by atoms with van der Waals surface area (Å²) in [5, 5.41) is 11.9. The van der Waals surface area contributed by atoms with E-state index in [-0.39, 0.29) is 6.04 Å². The van der Waals surface area contributed by atoms with E-state index < -0.39 is 0 Å². The first-order valence-corrected chi connectivity index (χ1v) is 4.84. The minimum absolute atomic E-state index is 0.275. The molecule has 1 rings (SSSR count). The van der Waals surface area contributed by atoms with Crippen molar-refractivity contribution in [3.8, 4) is 6.07 Å². The van der Waals surface area contributed by atoms with Gasteiger partial charge in [0.2, 0.25) is 0 Å². The fourth-order valence-corrected chi connectivity index (χ4v) is 1.27. The Morgan fingerprint density at radius 3 is 3.00 bits per heavy atom. The molecule has 0 aliphatic rings.